The Hall–Kier alpha value is -2.38. The number of ketones is 1. The zero-order chi connectivity index (χ0) is 21.0. The fraction of sp³-hybridized carbons (Fsp3) is 0.409. The average Bonchev–Trinajstić information content (AvgIpc) is 3.11. The second-order valence-corrected chi connectivity index (χ2v) is 10.5. The number of fused-ring (bicyclic) bond motifs is 2. The molecule has 1 unspecified atom stereocenters. The number of aryl methyl sites for hydroxylation is 1. The fourth-order valence-corrected chi connectivity index (χ4v) is 5.34. The van der Waals surface area contributed by atoms with Crippen molar-refractivity contribution in [2.24, 2.45) is 5.41 Å². The molecule has 29 heavy (non-hydrogen) atoms. The van der Waals surface area contributed by atoms with Crippen LogP contribution in [0.3, 0.4) is 0 Å². The van der Waals surface area contributed by atoms with Gasteiger partial charge in [-0.15, -0.1) is 0 Å². The number of hydrogen-bond acceptors (Lipinski definition) is 5. The number of rotatable bonds is 3. The molecule has 2 aromatic carbocycles. The van der Waals surface area contributed by atoms with E-state index in [1.165, 1.54) is 4.31 Å². The highest BCUT2D eigenvalue weighted by Crippen LogP contribution is 2.44. The molecule has 0 saturated heterocycles. The maximum absolute atomic E-state index is 13.5. The summed E-state index contributed by atoms with van der Waals surface area (Å²) in [6, 6.07) is 9.46. The van der Waals surface area contributed by atoms with E-state index in [0.29, 0.717) is 23.5 Å². The summed E-state index contributed by atoms with van der Waals surface area (Å²) >= 11 is 0. The van der Waals surface area contributed by atoms with E-state index in [9.17, 15) is 13.2 Å². The minimum atomic E-state index is -3.85. The van der Waals surface area contributed by atoms with Crippen molar-refractivity contribution in [1.82, 2.24) is 4.31 Å². The van der Waals surface area contributed by atoms with Gasteiger partial charge in [-0.1, -0.05) is 38.5 Å². The van der Waals surface area contributed by atoms with Crippen LogP contribution in [0, 0.1) is 12.3 Å². The van der Waals surface area contributed by atoms with Crippen LogP contribution in [-0.2, 0) is 21.2 Å². The lowest BCUT2D eigenvalue weighted by Gasteiger charge is -2.38. The summed E-state index contributed by atoms with van der Waals surface area (Å²) in [5.74, 6) is 1.04. The van der Waals surface area contributed by atoms with E-state index in [2.05, 4.69) is 0 Å². The highest BCUT2D eigenvalue weighted by atomic mass is 32.2. The fourth-order valence-electron chi connectivity index (χ4n) is 3.77. The van der Waals surface area contributed by atoms with Crippen LogP contribution in [0.15, 0.2) is 41.3 Å². The molecule has 2 aliphatic heterocycles. The lowest BCUT2D eigenvalue weighted by Crippen LogP contribution is -2.46. The van der Waals surface area contributed by atoms with Crippen molar-refractivity contribution >= 4 is 15.8 Å². The maximum atomic E-state index is 13.5. The van der Waals surface area contributed by atoms with E-state index in [0.717, 1.165) is 11.1 Å². The van der Waals surface area contributed by atoms with E-state index < -0.39 is 21.5 Å². The van der Waals surface area contributed by atoms with Gasteiger partial charge in [-0.3, -0.25) is 4.79 Å². The molecule has 1 atom stereocenters. The third kappa shape index (κ3) is 3.42. The lowest BCUT2D eigenvalue weighted by molar-refractivity contribution is -0.130. The first-order chi connectivity index (χ1) is 13.6. The van der Waals surface area contributed by atoms with Crippen LogP contribution in [0.5, 0.6) is 11.5 Å². The van der Waals surface area contributed by atoms with Crippen molar-refractivity contribution < 1.29 is 22.7 Å². The van der Waals surface area contributed by atoms with E-state index in [4.69, 9.17) is 9.47 Å². The summed E-state index contributed by atoms with van der Waals surface area (Å²) in [6.45, 7) is 7.70. The third-order valence-corrected chi connectivity index (χ3v) is 7.31. The molecule has 0 fully saturated rings. The van der Waals surface area contributed by atoms with E-state index in [-0.39, 0.29) is 24.0 Å². The number of hydrogen-bond donors (Lipinski definition) is 0. The molecule has 0 aliphatic carbocycles. The number of sulfonamides is 1. The van der Waals surface area contributed by atoms with Crippen LogP contribution >= 0.6 is 0 Å². The van der Waals surface area contributed by atoms with Crippen LogP contribution in [-0.4, -0.2) is 31.8 Å². The summed E-state index contributed by atoms with van der Waals surface area (Å²) in [6.07, 6.45) is 0.505. The Kier molecular flexibility index (Phi) is 4.70. The Labute approximate surface area is 171 Å². The Morgan fingerprint density at radius 2 is 1.69 bits per heavy atom. The molecule has 4 rings (SSSR count). The van der Waals surface area contributed by atoms with Crippen LogP contribution in [0.4, 0.5) is 0 Å². The Morgan fingerprint density at radius 1 is 1.07 bits per heavy atom. The van der Waals surface area contributed by atoms with Gasteiger partial charge in [0.2, 0.25) is 16.8 Å². The maximum Gasteiger partial charge on any atom is 0.244 e. The summed E-state index contributed by atoms with van der Waals surface area (Å²) in [5.41, 5.74) is 1.86. The number of ether oxygens (including phenoxy) is 2. The summed E-state index contributed by atoms with van der Waals surface area (Å²) in [7, 11) is -3.85. The predicted molar refractivity (Wildman–Crippen MR) is 109 cm³/mol. The SMILES string of the molecule is Cc1ccc(S(=O)(=O)N2CCc3cc4c(cc3C2C(=O)C(C)(C)C)OCO4)cc1. The van der Waals surface area contributed by atoms with Gasteiger partial charge in [0.05, 0.1) is 4.90 Å². The Morgan fingerprint density at radius 3 is 2.31 bits per heavy atom. The van der Waals surface area contributed by atoms with Crippen molar-refractivity contribution in [2.75, 3.05) is 13.3 Å². The number of benzene rings is 2. The van der Waals surface area contributed by atoms with Crippen LogP contribution in [0.1, 0.15) is 43.5 Å². The second kappa shape index (κ2) is 6.85. The van der Waals surface area contributed by atoms with Gasteiger partial charge in [0.25, 0.3) is 0 Å². The summed E-state index contributed by atoms with van der Waals surface area (Å²) in [4.78, 5) is 13.6. The van der Waals surface area contributed by atoms with Crippen molar-refractivity contribution in [1.29, 1.82) is 0 Å². The number of nitrogens with zero attached hydrogens (tertiary/aromatic N) is 1. The number of carbonyl (C=O) groups is 1. The van der Waals surface area contributed by atoms with Gasteiger partial charge in [-0.2, -0.15) is 4.31 Å². The van der Waals surface area contributed by atoms with Crippen molar-refractivity contribution in [3.8, 4) is 11.5 Å². The minimum Gasteiger partial charge on any atom is -0.454 e. The van der Waals surface area contributed by atoms with Crippen molar-refractivity contribution in [2.45, 2.75) is 45.1 Å². The molecule has 0 amide bonds. The normalized spacial score (nSPS) is 19.1. The molecule has 7 heteroatoms. The predicted octanol–water partition coefficient (Wildman–Crippen LogP) is 3.63. The molecule has 0 radical (unpaired) electrons. The topological polar surface area (TPSA) is 72.9 Å². The van der Waals surface area contributed by atoms with Gasteiger partial charge >= 0.3 is 0 Å². The first kappa shape index (κ1) is 19.9. The molecule has 0 N–H and O–H groups in total. The zero-order valence-electron chi connectivity index (χ0n) is 17.1. The molecule has 2 aromatic rings. The number of carbonyl (C=O) groups excluding carboxylic acids is 1. The first-order valence-electron chi connectivity index (χ1n) is 9.64. The zero-order valence-corrected chi connectivity index (χ0v) is 17.9. The molecule has 0 aromatic heterocycles. The molecule has 6 nitrogen and oxygen atoms in total. The van der Waals surface area contributed by atoms with Gasteiger partial charge in [-0.25, -0.2) is 8.42 Å². The molecule has 154 valence electrons. The van der Waals surface area contributed by atoms with E-state index in [1.807, 2.05) is 33.8 Å². The smallest absolute Gasteiger partial charge is 0.244 e. The minimum absolute atomic E-state index is 0.126. The standard InChI is InChI=1S/C22H25NO5S/c1-14-5-7-16(8-6-14)29(25,26)23-10-9-15-11-18-19(28-13-27-18)12-17(15)20(23)21(24)22(2,3)4/h5-8,11-12,20H,9-10,13H2,1-4H3. The van der Waals surface area contributed by atoms with Gasteiger partial charge < -0.3 is 9.47 Å². The Balaban J connectivity index is 1.86. The van der Waals surface area contributed by atoms with Crippen molar-refractivity contribution in [3.05, 3.63) is 53.1 Å². The average molecular weight is 416 g/mol. The molecular formula is C22H25NO5S. The Bertz CT molecular complexity index is 1070. The van der Waals surface area contributed by atoms with Crippen LogP contribution in [0.2, 0.25) is 0 Å². The van der Waals surface area contributed by atoms with Gasteiger partial charge in [-0.05, 0) is 48.7 Å². The number of Topliss-reactive ketones (excluding diaryl/α,β-unsaturated/α-hetero) is 1. The quantitative estimate of drug-likeness (QED) is 0.765. The van der Waals surface area contributed by atoms with Gasteiger partial charge in [0.15, 0.2) is 17.3 Å². The summed E-state index contributed by atoms with van der Waals surface area (Å²) in [5, 5.41) is 0. The largest absolute Gasteiger partial charge is 0.454 e. The van der Waals surface area contributed by atoms with E-state index >= 15 is 0 Å². The van der Waals surface area contributed by atoms with Crippen LogP contribution < -0.4 is 9.47 Å². The highest BCUT2D eigenvalue weighted by molar-refractivity contribution is 7.89. The molecule has 0 spiro atoms. The highest BCUT2D eigenvalue weighted by Gasteiger charge is 2.44. The monoisotopic (exact) mass is 415 g/mol. The van der Waals surface area contributed by atoms with Crippen LogP contribution in [0.25, 0.3) is 0 Å². The summed E-state index contributed by atoms with van der Waals surface area (Å²) < 4.78 is 39.3. The molecule has 0 bridgehead atoms. The third-order valence-electron chi connectivity index (χ3n) is 5.43. The lowest BCUT2D eigenvalue weighted by atomic mass is 9.80. The first-order valence-corrected chi connectivity index (χ1v) is 11.1. The molecule has 0 saturated carbocycles. The second-order valence-electron chi connectivity index (χ2n) is 8.60. The van der Waals surface area contributed by atoms with Gasteiger partial charge in [0.1, 0.15) is 6.04 Å². The molecule has 2 heterocycles. The molecular weight excluding hydrogens is 390 g/mol. The molecule has 2 aliphatic rings. The van der Waals surface area contributed by atoms with Crippen molar-refractivity contribution in [3.63, 3.8) is 0 Å². The van der Waals surface area contributed by atoms with Gasteiger partial charge in [0, 0.05) is 12.0 Å². The van der Waals surface area contributed by atoms with E-state index in [1.54, 1.807) is 30.3 Å².